The minimum atomic E-state index is 0. The van der Waals surface area contributed by atoms with Crippen LogP contribution in [0.2, 0.25) is 0 Å². The van der Waals surface area contributed by atoms with E-state index < -0.39 is 0 Å². The summed E-state index contributed by atoms with van der Waals surface area (Å²) >= 11 is 1.30. The van der Waals surface area contributed by atoms with Crippen LogP contribution >= 0.6 is 0 Å². The van der Waals surface area contributed by atoms with Gasteiger partial charge in [0.2, 0.25) is 0 Å². The van der Waals surface area contributed by atoms with Crippen molar-refractivity contribution in [2.45, 2.75) is 112 Å². The first-order chi connectivity index (χ1) is 26.2. The predicted octanol–water partition coefficient (Wildman–Crippen LogP) is 15.1. The number of hydrogen-bond donors (Lipinski definition) is 0. The van der Waals surface area contributed by atoms with Gasteiger partial charge < -0.3 is 7.43 Å². The fraction of sp³-hybridized carbons (Fsp3) is 0.345. The van der Waals surface area contributed by atoms with Crippen molar-refractivity contribution in [3.8, 4) is 33.4 Å². The van der Waals surface area contributed by atoms with E-state index in [1.165, 1.54) is 118 Å². The summed E-state index contributed by atoms with van der Waals surface area (Å²) in [6, 6.07) is 43.6. The van der Waals surface area contributed by atoms with E-state index in [1.807, 2.05) is 24.3 Å². The predicted molar refractivity (Wildman–Crippen MR) is 242 cm³/mol. The standard InChI is InChI=1S/C33H33.C13H19.C7H7.CH3.CH2.Zr/c1-32(2,3)30-20-26-24(18-28(30)22-13-9-7-10-14-22)17-25-19-29(23-15-11-8-12-16-23)31(21-27(25)26)33(4,5)6;1-11-6-7-12(10-11)13(2)8-4-3-5-9-13;1-7-5-3-2-4-6-7;;;/h7-16,18,20-21H,17H2,1-6H3;7,10-11H,3-5,8-9H2,1-2H3;3-6H,1H3;1H3;1H2;/q4*-1;;. The van der Waals surface area contributed by atoms with Crippen molar-refractivity contribution >= 4 is 4.21 Å². The Bertz CT molecular complexity index is 1960. The van der Waals surface area contributed by atoms with Crippen LogP contribution in [0.15, 0.2) is 121 Å². The zero-order chi connectivity index (χ0) is 39.8. The molecule has 1 unspecified atom stereocenters. The molecular formula is C55H64Zr-4. The molecule has 1 heteroatoms. The summed E-state index contributed by atoms with van der Waals surface area (Å²) in [7, 11) is 0. The quantitative estimate of drug-likeness (QED) is 0.156. The van der Waals surface area contributed by atoms with Gasteiger partial charge in [0.1, 0.15) is 0 Å². The zero-order valence-electron chi connectivity index (χ0n) is 36.0. The van der Waals surface area contributed by atoms with Crippen molar-refractivity contribution in [1.29, 1.82) is 0 Å². The number of benzene rings is 5. The van der Waals surface area contributed by atoms with E-state index in [1.54, 1.807) is 5.57 Å². The van der Waals surface area contributed by atoms with Crippen LogP contribution in [0.25, 0.3) is 33.4 Å². The zero-order valence-corrected chi connectivity index (χ0v) is 38.5. The molecule has 0 bridgehead atoms. The largest absolute Gasteiger partial charge is 0.358 e. The van der Waals surface area contributed by atoms with Crippen LogP contribution in [-0.2, 0) is 41.5 Å². The second-order valence-electron chi connectivity index (χ2n) is 17.8. The van der Waals surface area contributed by atoms with Crippen molar-refractivity contribution in [3.05, 3.63) is 174 Å². The average molecular weight is 816 g/mol. The first-order valence-corrected chi connectivity index (χ1v) is 21.9. The topological polar surface area (TPSA) is 0 Å². The number of aryl methyl sites for hydroxylation is 1. The Labute approximate surface area is 356 Å². The fourth-order valence-electron chi connectivity index (χ4n) is 8.16. The molecule has 5 aromatic rings. The van der Waals surface area contributed by atoms with Crippen molar-refractivity contribution in [3.63, 3.8) is 0 Å². The molecular weight excluding hydrogens is 752 g/mol. The summed E-state index contributed by atoms with van der Waals surface area (Å²) in [4.78, 5) is 0. The summed E-state index contributed by atoms with van der Waals surface area (Å²) in [5.74, 6) is 0.550. The third-order valence-corrected chi connectivity index (χ3v) is 11.3. The number of rotatable bonds is 3. The third-order valence-electron chi connectivity index (χ3n) is 11.3. The van der Waals surface area contributed by atoms with E-state index in [-0.39, 0.29) is 18.3 Å². The smallest absolute Gasteiger partial charge is 0.358 e. The second kappa shape index (κ2) is 19.7. The van der Waals surface area contributed by atoms with E-state index in [0.29, 0.717) is 11.3 Å². The van der Waals surface area contributed by atoms with Gasteiger partial charge in [-0.05, 0) is 39.5 Å². The summed E-state index contributed by atoms with van der Waals surface area (Å²) in [5.41, 5.74) is 16.8. The summed E-state index contributed by atoms with van der Waals surface area (Å²) in [5, 5.41) is 0. The number of hydrogen-bond acceptors (Lipinski definition) is 0. The van der Waals surface area contributed by atoms with Gasteiger partial charge >= 0.3 is 28.4 Å². The van der Waals surface area contributed by atoms with Crippen molar-refractivity contribution < 1.29 is 24.2 Å². The molecule has 3 aliphatic carbocycles. The Morgan fingerprint density at radius 2 is 1.25 bits per heavy atom. The van der Waals surface area contributed by atoms with E-state index in [4.69, 9.17) is 0 Å². The van der Waals surface area contributed by atoms with Crippen molar-refractivity contribution in [1.82, 2.24) is 0 Å². The molecule has 3 aliphatic rings. The summed E-state index contributed by atoms with van der Waals surface area (Å²) in [6.45, 7) is 20.6. The molecule has 0 N–H and O–H groups in total. The third kappa shape index (κ3) is 11.0. The molecule has 1 fully saturated rings. The van der Waals surface area contributed by atoms with E-state index in [9.17, 15) is 0 Å². The average Bonchev–Trinajstić information content (AvgIpc) is 3.79. The van der Waals surface area contributed by atoms with Crippen LogP contribution < -0.4 is 0 Å². The van der Waals surface area contributed by atoms with Crippen LogP contribution in [0, 0.1) is 43.9 Å². The molecule has 1 saturated carbocycles. The van der Waals surface area contributed by atoms with Gasteiger partial charge in [-0.25, -0.2) is 6.08 Å². The van der Waals surface area contributed by atoms with Gasteiger partial charge in [-0.3, -0.25) is 6.08 Å². The summed E-state index contributed by atoms with van der Waals surface area (Å²) in [6.07, 6.45) is 16.0. The molecule has 0 nitrogen and oxygen atoms in total. The minimum absolute atomic E-state index is 0. The SMILES string of the molecule is CC(C)(C)c1cc2c([c-]c1-c1ccccc1)Cc1cc(-c3ccccc3)c(C(C)(C)C)cc1-2.CC1[C-]=CC(C2(C)CCCCC2)=C1.Cc1cc[c-]cc1.[CH2]=[Zr].[CH3-]. The van der Waals surface area contributed by atoms with Crippen molar-refractivity contribution in [2.24, 2.45) is 11.3 Å². The Morgan fingerprint density at radius 1 is 0.696 bits per heavy atom. The number of allylic oxidation sites excluding steroid dienone is 4. The van der Waals surface area contributed by atoms with Crippen LogP contribution in [-0.4, -0.2) is 4.21 Å². The Kier molecular flexibility index (Phi) is 15.8. The van der Waals surface area contributed by atoms with Gasteiger partial charge in [0, 0.05) is 0 Å². The van der Waals surface area contributed by atoms with E-state index >= 15 is 0 Å². The first-order valence-electron chi connectivity index (χ1n) is 20.2. The fourth-order valence-corrected chi connectivity index (χ4v) is 8.16. The molecule has 0 amide bonds. The monoisotopic (exact) mass is 814 g/mol. The molecule has 8 rings (SSSR count). The Hall–Kier alpha value is -3.67. The van der Waals surface area contributed by atoms with Crippen LogP contribution in [0.3, 0.4) is 0 Å². The maximum atomic E-state index is 3.88. The van der Waals surface area contributed by atoms with Crippen LogP contribution in [0.1, 0.15) is 115 Å². The molecule has 292 valence electrons. The maximum Gasteiger partial charge on any atom is -0.358 e. The van der Waals surface area contributed by atoms with E-state index in [0.717, 1.165) is 6.42 Å². The molecule has 5 aromatic carbocycles. The Morgan fingerprint density at radius 3 is 1.75 bits per heavy atom. The molecule has 0 spiro atoms. The van der Waals surface area contributed by atoms with E-state index in [2.05, 4.69) is 176 Å². The van der Waals surface area contributed by atoms with Gasteiger partial charge in [0.15, 0.2) is 0 Å². The normalized spacial score (nSPS) is 16.2. The minimum Gasteiger partial charge on any atom is -0.358 e. The second-order valence-corrected chi connectivity index (χ2v) is 17.8. The van der Waals surface area contributed by atoms with Gasteiger partial charge in [0.05, 0.1) is 0 Å². The molecule has 0 saturated heterocycles. The molecule has 0 aromatic heterocycles. The molecule has 1 atom stereocenters. The first kappa shape index (κ1) is 45.0. The molecule has 0 aliphatic heterocycles. The molecule has 56 heavy (non-hydrogen) atoms. The van der Waals surface area contributed by atoms with Crippen molar-refractivity contribution in [2.75, 3.05) is 0 Å². The van der Waals surface area contributed by atoms with Crippen LogP contribution in [0.5, 0.6) is 0 Å². The molecule has 0 radical (unpaired) electrons. The number of fused-ring (bicyclic) bond motifs is 3. The van der Waals surface area contributed by atoms with Crippen LogP contribution in [0.4, 0.5) is 0 Å². The van der Waals surface area contributed by atoms with Gasteiger partial charge in [0.25, 0.3) is 0 Å². The maximum absolute atomic E-state index is 3.88. The summed E-state index contributed by atoms with van der Waals surface area (Å²) < 4.78 is 3.34. The van der Waals surface area contributed by atoms with Gasteiger partial charge in [-0.2, -0.15) is 47.5 Å². The Balaban J connectivity index is 0.000000247. The molecule has 0 heterocycles. The van der Waals surface area contributed by atoms with Gasteiger partial charge in [-0.1, -0.05) is 195 Å². The van der Waals surface area contributed by atoms with Gasteiger partial charge in [-0.15, -0.1) is 28.8 Å².